The number of carbonyl (C=O) groups excluding carboxylic acids is 3. The average Bonchev–Trinajstić information content (AvgIpc) is 3.08. The van der Waals surface area contributed by atoms with Gasteiger partial charge in [-0.1, -0.05) is 52.0 Å². The van der Waals surface area contributed by atoms with E-state index in [1.54, 1.807) is 26.8 Å². The lowest BCUT2D eigenvalue weighted by Gasteiger charge is -2.39. The largest absolute Gasteiger partial charge is 0.447 e. The van der Waals surface area contributed by atoms with Gasteiger partial charge in [-0.3, -0.25) is 4.79 Å². The Kier molecular flexibility index (Phi) is 7.83. The lowest BCUT2D eigenvalue weighted by Crippen LogP contribution is -2.58. The molecule has 0 unspecified atom stereocenters. The Labute approximate surface area is 196 Å². The molecule has 3 N–H and O–H groups in total. The maximum Gasteiger partial charge on any atom is 0.417 e. The monoisotopic (exact) mass is 459 g/mol. The van der Waals surface area contributed by atoms with Gasteiger partial charge >= 0.3 is 12.2 Å². The van der Waals surface area contributed by atoms with Crippen molar-refractivity contribution >= 4 is 29.4 Å². The first-order valence-corrected chi connectivity index (χ1v) is 11.2. The van der Waals surface area contributed by atoms with Gasteiger partial charge in [0.2, 0.25) is 0 Å². The fourth-order valence-electron chi connectivity index (χ4n) is 4.07. The number of anilines is 1. The van der Waals surface area contributed by atoms with E-state index < -0.39 is 41.2 Å². The Balaban J connectivity index is 2.55. The van der Waals surface area contributed by atoms with E-state index in [1.165, 1.54) is 0 Å². The molecule has 0 saturated carbocycles. The zero-order valence-corrected chi connectivity index (χ0v) is 20.9. The maximum absolute atomic E-state index is 13.9. The lowest BCUT2D eigenvalue weighted by molar-refractivity contribution is -0.134. The second-order valence-electron chi connectivity index (χ2n) is 10.2. The second-order valence-corrected chi connectivity index (χ2v) is 10.2. The van der Waals surface area contributed by atoms with Crippen molar-refractivity contribution in [3.8, 4) is 0 Å². The topological polar surface area (TPSA) is 111 Å². The van der Waals surface area contributed by atoms with Crippen LogP contribution in [0.4, 0.5) is 15.3 Å². The van der Waals surface area contributed by atoms with Crippen LogP contribution in [0.2, 0.25) is 0 Å². The Bertz CT molecular complexity index is 930. The van der Waals surface area contributed by atoms with Crippen LogP contribution in [0, 0.1) is 11.3 Å². The molecule has 0 bridgehead atoms. The first-order valence-electron chi connectivity index (χ1n) is 11.2. The van der Waals surface area contributed by atoms with Gasteiger partial charge in [0, 0.05) is 16.7 Å². The highest BCUT2D eigenvalue weighted by Gasteiger charge is 2.48. The van der Waals surface area contributed by atoms with Gasteiger partial charge in [0.15, 0.2) is 0 Å². The summed E-state index contributed by atoms with van der Waals surface area (Å²) in [6, 6.07) is 5.77. The number of allylic oxidation sites excluding steroid dienone is 1. The highest BCUT2D eigenvalue weighted by Crippen LogP contribution is 2.41. The molecule has 3 amide bonds. The minimum Gasteiger partial charge on any atom is -0.447 e. The number of nitrogens with two attached hydrogens (primary N) is 1. The predicted molar refractivity (Wildman–Crippen MR) is 128 cm³/mol. The normalized spacial score (nSPS) is 18.2. The van der Waals surface area contributed by atoms with Gasteiger partial charge in [0.05, 0.1) is 6.04 Å². The van der Waals surface area contributed by atoms with E-state index in [1.807, 2.05) is 58.9 Å². The third-order valence-electron chi connectivity index (χ3n) is 5.78. The number of carbonyl (C=O) groups is 3. The van der Waals surface area contributed by atoms with Crippen molar-refractivity contribution in [1.82, 2.24) is 10.2 Å². The highest BCUT2D eigenvalue weighted by molar-refractivity contribution is 6.00. The van der Waals surface area contributed by atoms with Crippen molar-refractivity contribution in [2.45, 2.75) is 73.1 Å². The zero-order chi connectivity index (χ0) is 25.1. The molecule has 0 aromatic heterocycles. The van der Waals surface area contributed by atoms with Crippen molar-refractivity contribution in [3.63, 3.8) is 0 Å². The maximum atomic E-state index is 13.9. The number of amides is 3. The van der Waals surface area contributed by atoms with E-state index in [9.17, 15) is 14.4 Å². The smallest absolute Gasteiger partial charge is 0.417 e. The van der Waals surface area contributed by atoms with Crippen LogP contribution < -0.4 is 11.1 Å². The van der Waals surface area contributed by atoms with E-state index in [2.05, 4.69) is 5.32 Å². The van der Waals surface area contributed by atoms with Crippen LogP contribution in [-0.4, -0.2) is 47.3 Å². The molecule has 1 aromatic carbocycles. The van der Waals surface area contributed by atoms with Crippen LogP contribution >= 0.6 is 0 Å². The van der Waals surface area contributed by atoms with Crippen molar-refractivity contribution < 1.29 is 23.9 Å². The van der Waals surface area contributed by atoms with Crippen LogP contribution in [0.15, 0.2) is 30.3 Å². The summed E-state index contributed by atoms with van der Waals surface area (Å²) < 4.78 is 10.6. The molecule has 0 radical (unpaired) electrons. The molecule has 1 aliphatic heterocycles. The van der Waals surface area contributed by atoms with Crippen LogP contribution in [0.25, 0.3) is 5.57 Å². The van der Waals surface area contributed by atoms with Gasteiger partial charge in [-0.15, -0.1) is 0 Å². The molecule has 1 aliphatic rings. The second kappa shape index (κ2) is 9.85. The van der Waals surface area contributed by atoms with Crippen LogP contribution in [0.1, 0.15) is 61.0 Å². The number of ether oxygens (including phenoxy) is 2. The summed E-state index contributed by atoms with van der Waals surface area (Å²) in [6.07, 6.45) is 0.399. The van der Waals surface area contributed by atoms with Gasteiger partial charge in [0.1, 0.15) is 18.2 Å². The van der Waals surface area contributed by atoms with Gasteiger partial charge < -0.3 is 20.5 Å². The molecule has 1 aromatic rings. The summed E-state index contributed by atoms with van der Waals surface area (Å²) >= 11 is 0. The quantitative estimate of drug-likeness (QED) is 0.602. The first kappa shape index (κ1) is 26.2. The lowest BCUT2D eigenvalue weighted by atomic mass is 9.73. The SMILES string of the molecule is C/C=C(\c1ccccc1N)C(C)(C)[C@H](NC(=O)OC(C)(C)C)C(=O)N1C(=O)OC[C@@H]1C(C)C. The van der Waals surface area contributed by atoms with Crippen molar-refractivity contribution in [2.75, 3.05) is 12.3 Å². The number of nitrogens with one attached hydrogen (secondary N) is 1. The number of para-hydroxylation sites is 1. The Morgan fingerprint density at radius 2 is 1.82 bits per heavy atom. The summed E-state index contributed by atoms with van der Waals surface area (Å²) in [7, 11) is 0. The van der Waals surface area contributed by atoms with E-state index in [-0.39, 0.29) is 12.5 Å². The Morgan fingerprint density at radius 1 is 1.21 bits per heavy atom. The third kappa shape index (κ3) is 5.86. The predicted octanol–water partition coefficient (Wildman–Crippen LogP) is 4.60. The number of hydrogen-bond donors (Lipinski definition) is 2. The summed E-state index contributed by atoms with van der Waals surface area (Å²) in [5.74, 6) is -0.572. The highest BCUT2D eigenvalue weighted by atomic mass is 16.6. The number of rotatable bonds is 6. The van der Waals surface area contributed by atoms with E-state index in [0.29, 0.717) is 5.69 Å². The van der Waals surface area contributed by atoms with Crippen LogP contribution in [0.5, 0.6) is 0 Å². The molecule has 8 nitrogen and oxygen atoms in total. The van der Waals surface area contributed by atoms with Gasteiger partial charge in [0.25, 0.3) is 5.91 Å². The average molecular weight is 460 g/mol. The molecular formula is C25H37N3O5. The standard InChI is InChI=1S/C25H37N3O5/c1-9-17(16-12-10-11-13-18(16)26)25(7,8)20(27-22(30)33-24(4,5)6)21(29)28-19(15(2)3)14-32-23(28)31/h9-13,15,19-20H,14,26H2,1-8H3,(H,27,30)/b17-9+/t19-,20-/m1/s1. The van der Waals surface area contributed by atoms with Gasteiger partial charge in [-0.05, 0) is 45.3 Å². The number of hydrogen-bond acceptors (Lipinski definition) is 6. The number of cyclic esters (lactones) is 1. The van der Waals surface area contributed by atoms with Crippen LogP contribution in [0.3, 0.4) is 0 Å². The van der Waals surface area contributed by atoms with E-state index >= 15 is 0 Å². The summed E-state index contributed by atoms with van der Waals surface area (Å²) in [4.78, 5) is 40.3. The fraction of sp³-hybridized carbons (Fsp3) is 0.560. The molecule has 33 heavy (non-hydrogen) atoms. The number of nitrogens with zero attached hydrogens (tertiary/aromatic N) is 1. The van der Waals surface area contributed by atoms with Gasteiger partial charge in [-0.2, -0.15) is 0 Å². The molecule has 1 fully saturated rings. The molecular weight excluding hydrogens is 422 g/mol. The van der Waals surface area contributed by atoms with E-state index in [4.69, 9.17) is 15.2 Å². The number of alkyl carbamates (subject to hydrolysis) is 1. The molecule has 1 heterocycles. The molecule has 0 aliphatic carbocycles. The first-order chi connectivity index (χ1) is 15.2. The van der Waals surface area contributed by atoms with Crippen molar-refractivity contribution in [1.29, 1.82) is 0 Å². The fourth-order valence-corrected chi connectivity index (χ4v) is 4.07. The van der Waals surface area contributed by atoms with Crippen LogP contribution in [-0.2, 0) is 14.3 Å². The molecule has 1 saturated heterocycles. The molecule has 182 valence electrons. The van der Waals surface area contributed by atoms with E-state index in [0.717, 1.165) is 16.0 Å². The Morgan fingerprint density at radius 3 is 2.33 bits per heavy atom. The molecule has 2 atom stereocenters. The molecule has 2 rings (SSSR count). The minimum absolute atomic E-state index is 0.0170. The number of nitrogen functional groups attached to an aromatic ring is 1. The summed E-state index contributed by atoms with van der Waals surface area (Å²) in [5.41, 5.74) is 6.57. The molecule has 8 heteroatoms. The Hall–Kier alpha value is -3.03. The van der Waals surface area contributed by atoms with Crippen molar-refractivity contribution in [2.24, 2.45) is 11.3 Å². The minimum atomic E-state index is -1.12. The molecule has 0 spiro atoms. The number of imide groups is 1. The zero-order valence-electron chi connectivity index (χ0n) is 20.9. The summed E-state index contributed by atoms with van der Waals surface area (Å²) in [6.45, 7) is 14.7. The third-order valence-corrected chi connectivity index (χ3v) is 5.78. The number of benzene rings is 1. The summed E-state index contributed by atoms with van der Waals surface area (Å²) in [5, 5.41) is 2.73. The van der Waals surface area contributed by atoms with Crippen molar-refractivity contribution in [3.05, 3.63) is 35.9 Å². The van der Waals surface area contributed by atoms with Gasteiger partial charge in [-0.25, -0.2) is 14.5 Å².